The van der Waals surface area contributed by atoms with Gasteiger partial charge >= 0.3 is 5.97 Å². The Hall–Kier alpha value is -4.02. The lowest BCUT2D eigenvalue weighted by atomic mass is 9.82. The molecule has 0 bridgehead atoms. The van der Waals surface area contributed by atoms with Gasteiger partial charge in [0.25, 0.3) is 10.1 Å². The number of phenols is 1. The van der Waals surface area contributed by atoms with Crippen LogP contribution in [0.15, 0.2) is 59.5 Å². The van der Waals surface area contributed by atoms with Gasteiger partial charge in [-0.3, -0.25) is 14.1 Å². The van der Waals surface area contributed by atoms with Gasteiger partial charge in [-0.25, -0.2) is 4.79 Å². The Bertz CT molecular complexity index is 1410. The minimum Gasteiger partial charge on any atom is -0.506 e. The van der Waals surface area contributed by atoms with Crippen LogP contribution in [0.1, 0.15) is 42.2 Å². The number of anilines is 2. The fourth-order valence-electron chi connectivity index (χ4n) is 3.43. The van der Waals surface area contributed by atoms with Crippen molar-refractivity contribution in [2.24, 2.45) is 0 Å². The number of carbonyl (C=O) groups is 3. The number of rotatable bonds is 4. The number of carboxylic acid groups (broad SMARTS) is 1. The molecular weight excluding hydrogens is 426 g/mol. The number of carboxylic acids is 1. The lowest BCUT2D eigenvalue weighted by molar-refractivity contribution is 0.0696. The molecule has 10 heteroatoms. The van der Waals surface area contributed by atoms with Crippen LogP contribution in [0.3, 0.4) is 0 Å². The first-order valence-corrected chi connectivity index (χ1v) is 10.2. The fraction of sp³-hybridized carbons (Fsp3) is 0. The van der Waals surface area contributed by atoms with Crippen LogP contribution in [0, 0.1) is 0 Å². The molecule has 0 aliphatic heterocycles. The molecule has 0 heterocycles. The molecule has 3 aromatic rings. The van der Waals surface area contributed by atoms with Gasteiger partial charge in [0.1, 0.15) is 10.6 Å². The van der Waals surface area contributed by atoms with E-state index in [1.165, 1.54) is 42.5 Å². The molecule has 0 aromatic heterocycles. The summed E-state index contributed by atoms with van der Waals surface area (Å²) in [5.41, 5.74) is -0.947. The van der Waals surface area contributed by atoms with Crippen LogP contribution in [0.25, 0.3) is 0 Å². The van der Waals surface area contributed by atoms with Gasteiger partial charge in [-0.1, -0.05) is 30.3 Å². The zero-order valence-corrected chi connectivity index (χ0v) is 16.3. The number of hydrogen-bond acceptors (Lipinski definition) is 7. The largest absolute Gasteiger partial charge is 0.506 e. The number of fused-ring (bicyclic) bond motifs is 2. The summed E-state index contributed by atoms with van der Waals surface area (Å²) in [7, 11) is -4.97. The van der Waals surface area contributed by atoms with Crippen molar-refractivity contribution in [3.8, 4) is 5.75 Å². The summed E-state index contributed by atoms with van der Waals surface area (Å²) in [4.78, 5) is 36.4. The first-order chi connectivity index (χ1) is 14.6. The van der Waals surface area contributed by atoms with Crippen LogP contribution in [0.4, 0.5) is 11.4 Å². The summed E-state index contributed by atoms with van der Waals surface area (Å²) in [5.74, 6) is -3.71. The number of nitrogens with one attached hydrogen (secondary N) is 1. The lowest BCUT2D eigenvalue weighted by Gasteiger charge is -2.23. The molecule has 0 spiro atoms. The van der Waals surface area contributed by atoms with Gasteiger partial charge in [-0.2, -0.15) is 8.42 Å². The Morgan fingerprint density at radius 3 is 2.06 bits per heavy atom. The highest BCUT2D eigenvalue weighted by atomic mass is 32.2. The Balaban J connectivity index is 2.00. The van der Waals surface area contributed by atoms with Crippen LogP contribution in [0.5, 0.6) is 5.75 Å². The molecule has 0 radical (unpaired) electrons. The highest BCUT2D eigenvalue weighted by molar-refractivity contribution is 7.86. The third kappa shape index (κ3) is 3.33. The third-order valence-electron chi connectivity index (χ3n) is 4.80. The van der Waals surface area contributed by atoms with E-state index in [9.17, 15) is 32.5 Å². The molecule has 3 aromatic carbocycles. The Morgan fingerprint density at radius 2 is 1.48 bits per heavy atom. The van der Waals surface area contributed by atoms with E-state index >= 15 is 0 Å². The van der Waals surface area contributed by atoms with Crippen LogP contribution >= 0.6 is 0 Å². The summed E-state index contributed by atoms with van der Waals surface area (Å²) in [6.45, 7) is 0. The van der Waals surface area contributed by atoms with Gasteiger partial charge in [0.2, 0.25) is 0 Å². The number of aromatic carboxylic acids is 1. The summed E-state index contributed by atoms with van der Waals surface area (Å²) in [6, 6.07) is 12.1. The molecule has 4 rings (SSSR count). The third-order valence-corrected chi connectivity index (χ3v) is 5.67. The zero-order valence-electron chi connectivity index (χ0n) is 15.5. The average molecular weight is 439 g/mol. The molecule has 1 aliphatic rings. The number of aromatic hydroxyl groups is 1. The van der Waals surface area contributed by atoms with Gasteiger partial charge < -0.3 is 15.5 Å². The van der Waals surface area contributed by atoms with Crippen LogP contribution in [-0.2, 0) is 10.1 Å². The average Bonchev–Trinajstić information content (AvgIpc) is 2.72. The van der Waals surface area contributed by atoms with Crippen molar-refractivity contribution in [3.63, 3.8) is 0 Å². The number of carbonyl (C=O) groups excluding carboxylic acids is 2. The second-order valence-electron chi connectivity index (χ2n) is 6.71. The maximum atomic E-state index is 13.1. The molecule has 0 fully saturated rings. The SMILES string of the molecule is O=C(O)c1cccc(Nc2cc(S(=O)(=O)O)c(O)c3c2C(=O)c2ccccc2C3=O)c1. The highest BCUT2D eigenvalue weighted by Crippen LogP contribution is 2.41. The van der Waals surface area contributed by atoms with E-state index < -0.39 is 43.9 Å². The van der Waals surface area contributed by atoms with E-state index in [1.807, 2.05) is 0 Å². The predicted octanol–water partition coefficient (Wildman–Crippen LogP) is 2.86. The lowest BCUT2D eigenvalue weighted by Crippen LogP contribution is -2.23. The fourth-order valence-corrected chi connectivity index (χ4v) is 4.05. The molecule has 4 N–H and O–H groups in total. The Kier molecular flexibility index (Phi) is 4.60. The summed E-state index contributed by atoms with van der Waals surface area (Å²) >= 11 is 0. The van der Waals surface area contributed by atoms with E-state index in [1.54, 1.807) is 6.07 Å². The molecular formula is C21H13NO8S. The standard InChI is InChI=1S/C21H13NO8S/c23-18-12-6-1-2-7-13(12)19(24)17-16(18)14(9-15(20(17)25)31(28,29)30)22-11-5-3-4-10(8-11)21(26)27/h1-9,22,25H,(H,26,27)(H,28,29,30). The normalized spacial score (nSPS) is 12.8. The summed E-state index contributed by atoms with van der Waals surface area (Å²) in [6.07, 6.45) is 0. The van der Waals surface area contributed by atoms with E-state index in [0.29, 0.717) is 0 Å². The smallest absolute Gasteiger partial charge is 0.335 e. The van der Waals surface area contributed by atoms with Gasteiger partial charge in [0.15, 0.2) is 11.6 Å². The van der Waals surface area contributed by atoms with Crippen LogP contribution in [0.2, 0.25) is 0 Å². The summed E-state index contributed by atoms with van der Waals surface area (Å²) < 4.78 is 33.2. The van der Waals surface area contributed by atoms with E-state index in [4.69, 9.17) is 5.11 Å². The molecule has 0 saturated carbocycles. The van der Waals surface area contributed by atoms with Gasteiger partial charge in [-0.05, 0) is 24.3 Å². The first kappa shape index (κ1) is 20.3. The molecule has 0 atom stereocenters. The number of hydrogen-bond donors (Lipinski definition) is 4. The van der Waals surface area contributed by atoms with E-state index in [0.717, 1.165) is 6.07 Å². The quantitative estimate of drug-likeness (QED) is 0.277. The van der Waals surface area contributed by atoms with Gasteiger partial charge in [0, 0.05) is 16.8 Å². The second-order valence-corrected chi connectivity index (χ2v) is 8.10. The Morgan fingerprint density at radius 1 is 0.871 bits per heavy atom. The van der Waals surface area contributed by atoms with E-state index in [-0.39, 0.29) is 33.6 Å². The predicted molar refractivity (Wildman–Crippen MR) is 108 cm³/mol. The molecule has 1 aliphatic carbocycles. The Labute approximate surface area is 175 Å². The maximum Gasteiger partial charge on any atom is 0.335 e. The molecule has 156 valence electrons. The van der Waals surface area contributed by atoms with Crippen LogP contribution < -0.4 is 5.32 Å². The van der Waals surface area contributed by atoms with Gasteiger partial charge in [0.05, 0.1) is 22.4 Å². The molecule has 0 amide bonds. The molecule has 0 saturated heterocycles. The number of ketones is 2. The number of phenolic OH excluding ortho intramolecular Hbond substituents is 1. The topological polar surface area (TPSA) is 158 Å². The van der Waals surface area contributed by atoms with E-state index in [2.05, 4.69) is 5.32 Å². The number of benzene rings is 3. The van der Waals surface area contributed by atoms with Crippen molar-refractivity contribution in [1.29, 1.82) is 0 Å². The highest BCUT2D eigenvalue weighted by Gasteiger charge is 2.37. The maximum absolute atomic E-state index is 13.1. The second kappa shape index (κ2) is 7.04. The molecule has 0 unspecified atom stereocenters. The van der Waals surface area contributed by atoms with Crippen molar-refractivity contribution in [2.45, 2.75) is 4.90 Å². The molecule has 31 heavy (non-hydrogen) atoms. The van der Waals surface area contributed by atoms with Crippen LogP contribution in [-0.4, -0.2) is 40.7 Å². The van der Waals surface area contributed by atoms with Crippen molar-refractivity contribution < 1.29 is 37.6 Å². The molecule has 9 nitrogen and oxygen atoms in total. The van der Waals surface area contributed by atoms with Gasteiger partial charge in [-0.15, -0.1) is 0 Å². The van der Waals surface area contributed by atoms with Crippen molar-refractivity contribution >= 4 is 39.0 Å². The zero-order chi connectivity index (χ0) is 22.5. The van der Waals surface area contributed by atoms with Crippen molar-refractivity contribution in [2.75, 3.05) is 5.32 Å². The minimum atomic E-state index is -4.97. The first-order valence-electron chi connectivity index (χ1n) is 8.76. The minimum absolute atomic E-state index is 0.0263. The monoisotopic (exact) mass is 439 g/mol. The van der Waals surface area contributed by atoms with Crippen molar-refractivity contribution in [1.82, 2.24) is 0 Å². The summed E-state index contributed by atoms with van der Waals surface area (Å²) in [5, 5.41) is 22.4. The van der Waals surface area contributed by atoms with Crippen molar-refractivity contribution in [3.05, 3.63) is 82.4 Å².